The molecule has 0 amide bonds. The van der Waals surface area contributed by atoms with Gasteiger partial charge in [0.2, 0.25) is 5.69 Å². The molecule has 0 fully saturated rings. The van der Waals surface area contributed by atoms with Gasteiger partial charge < -0.3 is 17.0 Å². The quantitative estimate of drug-likeness (QED) is 0.580. The lowest BCUT2D eigenvalue weighted by Gasteiger charge is -2.06. The molecule has 0 radical (unpaired) electrons. The van der Waals surface area contributed by atoms with Crippen LogP contribution in [-0.2, 0) is 6.54 Å². The second kappa shape index (κ2) is 5.42. The van der Waals surface area contributed by atoms with Crippen molar-refractivity contribution in [2.24, 2.45) is 0 Å². The van der Waals surface area contributed by atoms with Crippen LogP contribution in [0.2, 0.25) is 5.02 Å². The maximum atomic E-state index is 5.87. The van der Waals surface area contributed by atoms with Crippen molar-refractivity contribution >= 4 is 11.6 Å². The largest absolute Gasteiger partial charge is 1.00 e. The highest BCUT2D eigenvalue weighted by Crippen LogP contribution is 2.11. The van der Waals surface area contributed by atoms with Crippen LogP contribution in [-0.4, -0.2) is 4.57 Å². The second-order valence-electron chi connectivity index (χ2n) is 4.07. The van der Waals surface area contributed by atoms with Gasteiger partial charge in [-0.05, 0) is 17.7 Å². The lowest BCUT2D eigenvalue weighted by atomic mass is 10.2. The first-order valence-electron chi connectivity index (χ1n) is 5.51. The number of aromatic nitrogens is 2. The van der Waals surface area contributed by atoms with E-state index in [-0.39, 0.29) is 12.4 Å². The number of hydrogen-bond donors (Lipinski definition) is 0. The number of hydrogen-bond acceptors (Lipinski definition) is 0. The molecule has 3 rings (SSSR count). The molecule has 0 saturated carbocycles. The van der Waals surface area contributed by atoms with Crippen LogP contribution in [0.3, 0.4) is 0 Å². The molecule has 2 nitrogen and oxygen atoms in total. The standard InChI is InChI=1S/C14H12ClN2.ClH/c15-13-5-3-12(4-6-13)10-16-8-9-17-7-1-2-14(17)11-16;/h1-9,11H,10H2;1H/q+1;/p-1. The van der Waals surface area contributed by atoms with Gasteiger partial charge in [0.15, 0.2) is 12.4 Å². The Morgan fingerprint density at radius 3 is 2.61 bits per heavy atom. The van der Waals surface area contributed by atoms with E-state index in [9.17, 15) is 0 Å². The zero-order chi connectivity index (χ0) is 11.7. The molecule has 0 N–H and O–H groups in total. The summed E-state index contributed by atoms with van der Waals surface area (Å²) < 4.78 is 4.26. The highest BCUT2D eigenvalue weighted by atomic mass is 35.5. The summed E-state index contributed by atoms with van der Waals surface area (Å²) in [6.07, 6.45) is 8.31. The molecule has 1 aromatic carbocycles. The molecular formula is C14H12Cl2N2. The third-order valence-electron chi connectivity index (χ3n) is 2.81. The van der Waals surface area contributed by atoms with E-state index in [1.165, 1.54) is 11.3 Å². The van der Waals surface area contributed by atoms with E-state index < -0.39 is 0 Å². The van der Waals surface area contributed by atoms with Crippen molar-refractivity contribution in [1.29, 1.82) is 0 Å². The first-order valence-corrected chi connectivity index (χ1v) is 5.89. The molecule has 0 unspecified atom stereocenters. The number of nitrogens with zero attached hydrogens (tertiary/aromatic N) is 2. The van der Waals surface area contributed by atoms with E-state index in [0.717, 1.165) is 11.6 Å². The molecule has 2 aliphatic heterocycles. The Kier molecular flexibility index (Phi) is 3.90. The van der Waals surface area contributed by atoms with Crippen LogP contribution in [0.25, 0.3) is 5.69 Å². The van der Waals surface area contributed by atoms with E-state index >= 15 is 0 Å². The molecule has 1 aromatic rings. The Morgan fingerprint density at radius 2 is 1.83 bits per heavy atom. The molecule has 92 valence electrons. The third kappa shape index (κ3) is 2.66. The number of fused-ring (bicyclic) bond motifs is 1. The molecule has 0 aromatic heterocycles. The van der Waals surface area contributed by atoms with Gasteiger partial charge in [-0.2, -0.15) is 4.57 Å². The van der Waals surface area contributed by atoms with Crippen molar-refractivity contribution in [3.05, 3.63) is 71.8 Å². The lowest BCUT2D eigenvalue weighted by molar-refractivity contribution is -0.593. The van der Waals surface area contributed by atoms with Gasteiger partial charge in [0, 0.05) is 23.7 Å². The fourth-order valence-corrected chi connectivity index (χ4v) is 2.05. The predicted octanol–water partition coefficient (Wildman–Crippen LogP) is -0.0917. The van der Waals surface area contributed by atoms with E-state index in [2.05, 4.69) is 45.9 Å². The highest BCUT2D eigenvalue weighted by Gasteiger charge is 2.08. The summed E-state index contributed by atoms with van der Waals surface area (Å²) >= 11 is 5.87. The van der Waals surface area contributed by atoms with Gasteiger partial charge in [-0.1, -0.05) is 23.7 Å². The molecule has 2 aliphatic rings. The topological polar surface area (TPSA) is 8.81 Å². The Hall–Kier alpha value is -1.51. The first kappa shape index (κ1) is 12.9. The summed E-state index contributed by atoms with van der Waals surface area (Å²) in [7, 11) is 0. The maximum Gasteiger partial charge on any atom is 0.227 e. The number of rotatable bonds is 2. The van der Waals surface area contributed by atoms with Gasteiger partial charge in [0.1, 0.15) is 0 Å². The monoisotopic (exact) mass is 278 g/mol. The zero-order valence-corrected chi connectivity index (χ0v) is 11.1. The zero-order valence-electron chi connectivity index (χ0n) is 9.63. The van der Waals surface area contributed by atoms with Crippen molar-refractivity contribution in [2.75, 3.05) is 0 Å². The van der Waals surface area contributed by atoms with Crippen LogP contribution >= 0.6 is 11.6 Å². The Labute approximate surface area is 117 Å². The predicted molar refractivity (Wildman–Crippen MR) is 67.7 cm³/mol. The molecule has 0 atom stereocenters. The van der Waals surface area contributed by atoms with E-state index in [0.29, 0.717) is 0 Å². The summed E-state index contributed by atoms with van der Waals surface area (Å²) in [5, 5.41) is 0.779. The van der Waals surface area contributed by atoms with Gasteiger partial charge >= 0.3 is 0 Å². The van der Waals surface area contributed by atoms with E-state index in [4.69, 9.17) is 11.6 Å². The van der Waals surface area contributed by atoms with Crippen molar-refractivity contribution in [3.8, 4) is 5.69 Å². The Morgan fingerprint density at radius 1 is 1.06 bits per heavy atom. The Balaban J connectivity index is 0.00000120. The van der Waals surface area contributed by atoms with E-state index in [1.807, 2.05) is 24.4 Å². The van der Waals surface area contributed by atoms with Gasteiger partial charge in [0.25, 0.3) is 0 Å². The number of halogens is 2. The summed E-state index contributed by atoms with van der Waals surface area (Å²) in [5.41, 5.74) is 2.44. The minimum absolute atomic E-state index is 0. The molecule has 18 heavy (non-hydrogen) atoms. The van der Waals surface area contributed by atoms with Crippen LogP contribution < -0.4 is 17.0 Å². The molecule has 0 spiro atoms. The van der Waals surface area contributed by atoms with Crippen LogP contribution in [0.1, 0.15) is 5.56 Å². The Bertz CT molecular complexity index is 602. The normalized spacial score (nSPS) is 10.3. The summed E-state index contributed by atoms with van der Waals surface area (Å²) in [6, 6.07) is 12.1. The summed E-state index contributed by atoms with van der Waals surface area (Å²) in [6.45, 7) is 0.860. The van der Waals surface area contributed by atoms with Crippen molar-refractivity contribution in [2.45, 2.75) is 6.54 Å². The third-order valence-corrected chi connectivity index (χ3v) is 3.06. The van der Waals surface area contributed by atoms with Crippen LogP contribution in [0.4, 0.5) is 0 Å². The first-order chi connectivity index (χ1) is 8.31. The average Bonchev–Trinajstić information content (AvgIpc) is 2.79. The summed E-state index contributed by atoms with van der Waals surface area (Å²) in [4.78, 5) is 0. The summed E-state index contributed by atoms with van der Waals surface area (Å²) in [5.74, 6) is 0. The van der Waals surface area contributed by atoms with Crippen LogP contribution in [0.5, 0.6) is 0 Å². The van der Waals surface area contributed by atoms with Crippen LogP contribution in [0, 0.1) is 0 Å². The molecule has 4 heteroatoms. The van der Waals surface area contributed by atoms with Crippen LogP contribution in [0.15, 0.2) is 61.2 Å². The molecule has 0 saturated heterocycles. The van der Waals surface area contributed by atoms with Gasteiger partial charge in [-0.3, -0.25) is 0 Å². The molecule has 2 heterocycles. The lowest BCUT2D eigenvalue weighted by Crippen LogP contribution is -3.00. The van der Waals surface area contributed by atoms with Gasteiger partial charge in [-0.25, -0.2) is 0 Å². The molecule has 0 bridgehead atoms. The maximum absolute atomic E-state index is 5.87. The minimum Gasteiger partial charge on any atom is -1.00 e. The fourth-order valence-electron chi connectivity index (χ4n) is 1.92. The number of benzene rings is 1. The minimum atomic E-state index is 0. The van der Waals surface area contributed by atoms with E-state index in [1.54, 1.807) is 0 Å². The molecule has 0 aliphatic carbocycles. The van der Waals surface area contributed by atoms with Crippen molar-refractivity contribution in [1.82, 2.24) is 4.57 Å². The second-order valence-corrected chi connectivity index (χ2v) is 4.50. The molecular weight excluding hydrogens is 267 g/mol. The average molecular weight is 279 g/mol. The van der Waals surface area contributed by atoms with Crippen molar-refractivity contribution < 1.29 is 17.0 Å². The highest BCUT2D eigenvalue weighted by molar-refractivity contribution is 6.30. The fraction of sp³-hybridized carbons (Fsp3) is 0.0714. The SMILES string of the molecule is Clc1ccc(Cn2cc[n+]3cccc-3c2)cc1.[Cl-]. The smallest absolute Gasteiger partial charge is 0.227 e. The van der Waals surface area contributed by atoms with Gasteiger partial charge in [-0.15, -0.1) is 0 Å². The van der Waals surface area contributed by atoms with Crippen molar-refractivity contribution in [3.63, 3.8) is 0 Å². The van der Waals surface area contributed by atoms with Gasteiger partial charge in [0.05, 0.1) is 12.4 Å².